The van der Waals surface area contributed by atoms with E-state index in [1.54, 1.807) is 12.1 Å². The Bertz CT molecular complexity index is 702. The molecule has 21 heavy (non-hydrogen) atoms. The molecular formula is C15H11Cl2FO3. The van der Waals surface area contributed by atoms with E-state index in [-0.39, 0.29) is 22.8 Å². The molecule has 0 saturated carbocycles. The number of carbonyl (C=O) groups is 1. The maximum absolute atomic E-state index is 13.9. The number of phenolic OH excluding ortho intramolecular Hbond substituents is 1. The highest BCUT2D eigenvalue weighted by Gasteiger charge is 2.16. The Hall–Kier alpha value is -1.78. The minimum atomic E-state index is -0.803. The molecule has 2 rings (SSSR count). The number of ether oxygens (including phenoxy) is 1. The van der Waals surface area contributed by atoms with Crippen molar-refractivity contribution in [3.8, 4) is 11.5 Å². The van der Waals surface area contributed by atoms with Crippen LogP contribution in [0, 0.1) is 5.82 Å². The molecule has 0 fully saturated rings. The van der Waals surface area contributed by atoms with Gasteiger partial charge in [0, 0.05) is 12.5 Å². The van der Waals surface area contributed by atoms with Crippen molar-refractivity contribution in [2.45, 2.75) is 6.42 Å². The molecule has 0 aromatic heterocycles. The van der Waals surface area contributed by atoms with Gasteiger partial charge in [-0.3, -0.25) is 4.79 Å². The third kappa shape index (κ3) is 3.28. The van der Waals surface area contributed by atoms with Crippen molar-refractivity contribution in [2.75, 3.05) is 7.11 Å². The number of benzene rings is 2. The Balaban J connectivity index is 2.50. The molecule has 0 aliphatic heterocycles. The smallest absolute Gasteiger partial charge is 0.256 e. The summed E-state index contributed by atoms with van der Waals surface area (Å²) in [5, 5.41) is 8.91. The fraction of sp³-hybridized carbons (Fsp3) is 0.133. The van der Waals surface area contributed by atoms with Gasteiger partial charge in [-0.2, -0.15) is 0 Å². The lowest BCUT2D eigenvalue weighted by atomic mass is 10.0. The second-order valence-corrected chi connectivity index (χ2v) is 5.10. The van der Waals surface area contributed by atoms with Crippen LogP contribution < -0.4 is 4.74 Å². The first kappa shape index (κ1) is 15.6. The zero-order valence-corrected chi connectivity index (χ0v) is 12.5. The van der Waals surface area contributed by atoms with Crippen molar-refractivity contribution in [1.82, 2.24) is 0 Å². The lowest BCUT2D eigenvalue weighted by Gasteiger charge is -2.12. The summed E-state index contributed by atoms with van der Waals surface area (Å²) in [5.74, 6) is -0.497. The molecule has 0 radical (unpaired) electrons. The Morgan fingerprint density at radius 1 is 1.33 bits per heavy atom. The first-order chi connectivity index (χ1) is 9.93. The quantitative estimate of drug-likeness (QED) is 0.857. The molecule has 1 N–H and O–H groups in total. The van der Waals surface area contributed by atoms with Crippen molar-refractivity contribution in [3.05, 3.63) is 57.9 Å². The fourth-order valence-corrected chi connectivity index (χ4v) is 2.34. The van der Waals surface area contributed by atoms with E-state index >= 15 is 0 Å². The summed E-state index contributed by atoms with van der Waals surface area (Å²) >= 11 is 11.1. The molecule has 0 unspecified atom stereocenters. The molecule has 0 saturated heterocycles. The number of hydrogen-bond donors (Lipinski definition) is 1. The van der Waals surface area contributed by atoms with Gasteiger partial charge < -0.3 is 9.84 Å². The third-order valence-electron chi connectivity index (χ3n) is 3.02. The van der Waals surface area contributed by atoms with E-state index in [2.05, 4.69) is 0 Å². The average Bonchev–Trinajstić information content (AvgIpc) is 2.44. The summed E-state index contributed by atoms with van der Waals surface area (Å²) in [7, 11) is 1.41. The predicted molar refractivity (Wildman–Crippen MR) is 79.1 cm³/mol. The van der Waals surface area contributed by atoms with Crippen molar-refractivity contribution in [2.24, 2.45) is 0 Å². The van der Waals surface area contributed by atoms with Crippen molar-refractivity contribution in [3.63, 3.8) is 0 Å². The topological polar surface area (TPSA) is 46.5 Å². The minimum Gasteiger partial charge on any atom is -0.507 e. The molecule has 2 aromatic rings. The number of halogens is 3. The van der Waals surface area contributed by atoms with Gasteiger partial charge in [0.25, 0.3) is 5.24 Å². The summed E-state index contributed by atoms with van der Waals surface area (Å²) in [4.78, 5) is 11.3. The van der Waals surface area contributed by atoms with Crippen LogP contribution in [0.4, 0.5) is 4.39 Å². The highest BCUT2D eigenvalue weighted by molar-refractivity contribution is 6.68. The van der Waals surface area contributed by atoms with Crippen LogP contribution in [-0.2, 0) is 6.42 Å². The molecule has 0 amide bonds. The second-order valence-electron chi connectivity index (χ2n) is 4.34. The Kier molecular flexibility index (Phi) is 4.70. The summed E-state index contributed by atoms with van der Waals surface area (Å²) in [6.45, 7) is 0. The molecular weight excluding hydrogens is 318 g/mol. The molecule has 0 heterocycles. The predicted octanol–water partition coefficient (Wildman–Crippen LogP) is 4.16. The Labute approximate surface area is 130 Å². The van der Waals surface area contributed by atoms with E-state index in [1.165, 1.54) is 25.3 Å². The van der Waals surface area contributed by atoms with Crippen LogP contribution in [-0.4, -0.2) is 17.5 Å². The van der Waals surface area contributed by atoms with Crippen LogP contribution in [0.15, 0.2) is 30.3 Å². The molecule has 2 aromatic carbocycles. The lowest BCUT2D eigenvalue weighted by molar-refractivity contribution is 0.107. The van der Waals surface area contributed by atoms with E-state index in [1.807, 2.05) is 0 Å². The highest BCUT2D eigenvalue weighted by atomic mass is 35.5. The third-order valence-corrected chi connectivity index (χ3v) is 3.52. The van der Waals surface area contributed by atoms with E-state index in [4.69, 9.17) is 27.9 Å². The van der Waals surface area contributed by atoms with Crippen LogP contribution in [0.2, 0.25) is 5.02 Å². The minimum absolute atomic E-state index is 0.0129. The van der Waals surface area contributed by atoms with Crippen molar-refractivity contribution in [1.29, 1.82) is 0 Å². The van der Waals surface area contributed by atoms with Crippen LogP contribution in [0.5, 0.6) is 11.5 Å². The number of hydrogen-bond acceptors (Lipinski definition) is 3. The highest BCUT2D eigenvalue weighted by Crippen LogP contribution is 2.32. The maximum Gasteiger partial charge on any atom is 0.256 e. The molecule has 0 aliphatic rings. The standard InChI is InChI=1S/C15H11Cl2FO3/c1-21-13-7-12(19)10(15(17)20)6-9(13)5-8-3-2-4-11(16)14(8)18/h2-4,6-7,19H,5H2,1H3. The Morgan fingerprint density at radius 2 is 2.05 bits per heavy atom. The molecule has 6 heteroatoms. The fourth-order valence-electron chi connectivity index (χ4n) is 1.99. The number of aromatic hydroxyl groups is 1. The number of methoxy groups -OCH3 is 1. The van der Waals surface area contributed by atoms with E-state index in [9.17, 15) is 14.3 Å². The first-order valence-corrected chi connectivity index (χ1v) is 6.72. The van der Waals surface area contributed by atoms with Crippen LogP contribution in [0.3, 0.4) is 0 Å². The van der Waals surface area contributed by atoms with Crippen molar-refractivity contribution >= 4 is 28.4 Å². The zero-order valence-electron chi connectivity index (χ0n) is 11.0. The van der Waals surface area contributed by atoms with Crippen LogP contribution >= 0.6 is 23.2 Å². The van der Waals surface area contributed by atoms with Gasteiger partial charge in [-0.25, -0.2) is 4.39 Å². The zero-order chi connectivity index (χ0) is 15.6. The molecule has 3 nitrogen and oxygen atoms in total. The molecule has 0 bridgehead atoms. The van der Waals surface area contributed by atoms with Gasteiger partial charge in [0.15, 0.2) is 0 Å². The van der Waals surface area contributed by atoms with E-state index in [0.29, 0.717) is 16.9 Å². The number of rotatable bonds is 4. The SMILES string of the molecule is COc1cc(O)c(C(=O)Cl)cc1Cc1cccc(Cl)c1F. The number of carbonyl (C=O) groups excluding carboxylic acids is 1. The molecule has 110 valence electrons. The first-order valence-electron chi connectivity index (χ1n) is 5.96. The van der Waals surface area contributed by atoms with Gasteiger partial charge in [-0.15, -0.1) is 0 Å². The maximum atomic E-state index is 13.9. The number of phenols is 1. The average molecular weight is 329 g/mol. The summed E-state index contributed by atoms with van der Waals surface area (Å²) in [6.07, 6.45) is 0.146. The van der Waals surface area contributed by atoms with Gasteiger partial charge in [0.05, 0.1) is 17.7 Å². The Morgan fingerprint density at radius 3 is 2.67 bits per heavy atom. The second kappa shape index (κ2) is 6.33. The lowest BCUT2D eigenvalue weighted by Crippen LogP contribution is -2.00. The van der Waals surface area contributed by atoms with Gasteiger partial charge in [-0.05, 0) is 34.9 Å². The van der Waals surface area contributed by atoms with Crippen LogP contribution in [0.1, 0.15) is 21.5 Å². The summed E-state index contributed by atoms with van der Waals surface area (Å²) in [6, 6.07) is 7.30. The monoisotopic (exact) mass is 328 g/mol. The normalized spacial score (nSPS) is 10.5. The summed E-state index contributed by atoms with van der Waals surface area (Å²) < 4.78 is 19.1. The van der Waals surface area contributed by atoms with Crippen molar-refractivity contribution < 1.29 is 19.0 Å². The summed E-state index contributed by atoms with van der Waals surface area (Å²) in [5.41, 5.74) is 0.801. The molecule has 0 spiro atoms. The molecule has 0 aliphatic carbocycles. The van der Waals surface area contributed by atoms with Gasteiger partial charge in [0.1, 0.15) is 17.3 Å². The van der Waals surface area contributed by atoms with Crippen LogP contribution in [0.25, 0.3) is 0 Å². The largest absolute Gasteiger partial charge is 0.507 e. The molecule has 0 atom stereocenters. The van der Waals surface area contributed by atoms with E-state index in [0.717, 1.165) is 0 Å². The van der Waals surface area contributed by atoms with Gasteiger partial charge >= 0.3 is 0 Å². The van der Waals surface area contributed by atoms with E-state index < -0.39 is 11.1 Å². The van der Waals surface area contributed by atoms with Gasteiger partial charge in [-0.1, -0.05) is 23.7 Å². The van der Waals surface area contributed by atoms with Gasteiger partial charge in [0.2, 0.25) is 0 Å².